The van der Waals surface area contributed by atoms with Gasteiger partial charge in [0.15, 0.2) is 0 Å². The van der Waals surface area contributed by atoms with Crippen LogP contribution in [0, 0.1) is 11.7 Å². The smallest absolute Gasteiger partial charge is 0.293 e. The number of carbonyl (C=O) groups excluding carboxylic acids is 1. The van der Waals surface area contributed by atoms with E-state index in [2.05, 4.69) is 10.1 Å². The molecule has 0 aliphatic carbocycles. The predicted octanol–water partition coefficient (Wildman–Crippen LogP) is 3.97. The lowest BCUT2D eigenvalue weighted by atomic mass is 9.88. The Kier molecular flexibility index (Phi) is 5.14. The summed E-state index contributed by atoms with van der Waals surface area (Å²) in [6.07, 6.45) is 1.08. The van der Waals surface area contributed by atoms with Crippen molar-refractivity contribution in [3.8, 4) is 5.69 Å². The molecule has 0 spiro atoms. The fraction of sp³-hybridized carbons (Fsp3) is 0.286. The minimum Gasteiger partial charge on any atom is -0.336 e. The van der Waals surface area contributed by atoms with Crippen molar-refractivity contribution in [2.75, 3.05) is 13.1 Å². The van der Waals surface area contributed by atoms with Crippen LogP contribution in [0.15, 0.2) is 60.9 Å². The molecule has 2 aromatic carbocycles. The van der Waals surface area contributed by atoms with Gasteiger partial charge in [0.2, 0.25) is 5.82 Å². The van der Waals surface area contributed by atoms with E-state index >= 15 is 0 Å². The molecule has 3 aromatic rings. The van der Waals surface area contributed by atoms with Crippen molar-refractivity contribution in [3.05, 3.63) is 78.1 Å². The Labute approximate surface area is 161 Å². The van der Waals surface area contributed by atoms with Crippen LogP contribution in [0.4, 0.5) is 8.78 Å². The van der Waals surface area contributed by atoms with Gasteiger partial charge in [-0.15, -0.1) is 5.10 Å². The minimum atomic E-state index is -1.37. The summed E-state index contributed by atoms with van der Waals surface area (Å²) in [5.41, 5.74) is 0.911. The molecule has 28 heavy (non-hydrogen) atoms. The Bertz CT molecular complexity index is 952. The van der Waals surface area contributed by atoms with E-state index in [4.69, 9.17) is 0 Å². The zero-order valence-electron chi connectivity index (χ0n) is 15.2. The molecule has 1 unspecified atom stereocenters. The van der Waals surface area contributed by atoms with Gasteiger partial charge in [0.25, 0.3) is 5.91 Å². The molecule has 4 rings (SSSR count). The number of alkyl halides is 1. The molecule has 0 radical (unpaired) electrons. The van der Waals surface area contributed by atoms with E-state index < -0.39 is 12.0 Å². The van der Waals surface area contributed by atoms with Crippen LogP contribution in [0.2, 0.25) is 0 Å². The highest BCUT2D eigenvalue weighted by Crippen LogP contribution is 2.35. The maximum absolute atomic E-state index is 14.8. The Balaban J connectivity index is 1.39. The summed E-state index contributed by atoms with van der Waals surface area (Å²) in [6.45, 7) is 0.802. The number of amides is 1. The van der Waals surface area contributed by atoms with Crippen LogP contribution in [-0.2, 0) is 0 Å². The van der Waals surface area contributed by atoms with Crippen LogP contribution in [0.25, 0.3) is 5.69 Å². The van der Waals surface area contributed by atoms with Crippen LogP contribution < -0.4 is 0 Å². The van der Waals surface area contributed by atoms with Crippen LogP contribution >= 0.6 is 0 Å². The first-order chi connectivity index (χ1) is 13.6. The van der Waals surface area contributed by atoms with E-state index in [-0.39, 0.29) is 23.2 Å². The SMILES string of the molecule is O=C(c1ncn(-c2ccccc2)n1)N1CCC(C(F)c2ccccc2F)CC1. The quantitative estimate of drug-likeness (QED) is 0.686. The van der Waals surface area contributed by atoms with E-state index in [1.807, 2.05) is 30.3 Å². The summed E-state index contributed by atoms with van der Waals surface area (Å²) in [6, 6.07) is 15.4. The Morgan fingerprint density at radius 1 is 1.04 bits per heavy atom. The number of aromatic nitrogens is 3. The summed E-state index contributed by atoms with van der Waals surface area (Å²) in [5, 5.41) is 4.26. The summed E-state index contributed by atoms with van der Waals surface area (Å²) in [7, 11) is 0. The highest BCUT2D eigenvalue weighted by atomic mass is 19.1. The van der Waals surface area contributed by atoms with Gasteiger partial charge in [-0.2, -0.15) is 0 Å². The van der Waals surface area contributed by atoms with E-state index in [1.165, 1.54) is 18.5 Å². The number of carbonyl (C=O) groups is 1. The molecular weight excluding hydrogens is 362 g/mol. The topological polar surface area (TPSA) is 51.0 Å². The first-order valence-electron chi connectivity index (χ1n) is 9.28. The number of nitrogens with zero attached hydrogens (tertiary/aromatic N) is 4. The molecule has 2 heterocycles. The molecule has 0 bridgehead atoms. The average Bonchev–Trinajstić information content (AvgIpc) is 3.24. The van der Waals surface area contributed by atoms with Gasteiger partial charge in [-0.1, -0.05) is 36.4 Å². The van der Waals surface area contributed by atoms with Crippen molar-refractivity contribution in [2.24, 2.45) is 5.92 Å². The number of likely N-dealkylation sites (tertiary alicyclic amines) is 1. The molecule has 7 heteroatoms. The monoisotopic (exact) mass is 382 g/mol. The Morgan fingerprint density at radius 2 is 1.71 bits per heavy atom. The van der Waals surface area contributed by atoms with Crippen molar-refractivity contribution in [3.63, 3.8) is 0 Å². The van der Waals surface area contributed by atoms with Crippen molar-refractivity contribution >= 4 is 5.91 Å². The summed E-state index contributed by atoms with van der Waals surface area (Å²) >= 11 is 0. The first-order valence-corrected chi connectivity index (χ1v) is 9.28. The van der Waals surface area contributed by atoms with Crippen LogP contribution in [0.5, 0.6) is 0 Å². The number of rotatable bonds is 4. The second-order valence-corrected chi connectivity index (χ2v) is 6.90. The predicted molar refractivity (Wildman–Crippen MR) is 100 cm³/mol. The molecule has 1 amide bonds. The normalized spacial score (nSPS) is 16.1. The first kappa shape index (κ1) is 18.3. The average molecular weight is 382 g/mol. The number of halogens is 2. The van der Waals surface area contributed by atoms with E-state index in [0.717, 1.165) is 5.69 Å². The largest absolute Gasteiger partial charge is 0.336 e. The number of hydrogen-bond acceptors (Lipinski definition) is 3. The van der Waals surface area contributed by atoms with Gasteiger partial charge in [-0.05, 0) is 37.0 Å². The van der Waals surface area contributed by atoms with Crippen molar-refractivity contribution < 1.29 is 13.6 Å². The van der Waals surface area contributed by atoms with E-state index in [9.17, 15) is 13.6 Å². The van der Waals surface area contributed by atoms with Crippen LogP contribution in [0.1, 0.15) is 35.2 Å². The minimum absolute atomic E-state index is 0.0931. The second-order valence-electron chi connectivity index (χ2n) is 6.90. The molecule has 5 nitrogen and oxygen atoms in total. The molecule has 1 fully saturated rings. The van der Waals surface area contributed by atoms with Crippen molar-refractivity contribution in [1.29, 1.82) is 0 Å². The third-order valence-corrected chi connectivity index (χ3v) is 5.15. The lowest BCUT2D eigenvalue weighted by Gasteiger charge is -2.33. The Hall–Kier alpha value is -3.09. The molecule has 144 valence electrons. The molecule has 1 aliphatic rings. The van der Waals surface area contributed by atoms with Gasteiger partial charge in [0.1, 0.15) is 18.3 Å². The lowest BCUT2D eigenvalue weighted by molar-refractivity contribution is 0.0615. The maximum atomic E-state index is 14.8. The van der Waals surface area contributed by atoms with Gasteiger partial charge in [-0.3, -0.25) is 4.79 Å². The summed E-state index contributed by atoms with van der Waals surface area (Å²) < 4.78 is 30.1. The fourth-order valence-corrected chi connectivity index (χ4v) is 3.56. The molecule has 1 aliphatic heterocycles. The van der Waals surface area contributed by atoms with Crippen molar-refractivity contribution in [2.45, 2.75) is 19.0 Å². The number of piperidine rings is 1. The number of benzene rings is 2. The lowest BCUT2D eigenvalue weighted by Crippen LogP contribution is -2.40. The van der Waals surface area contributed by atoms with Crippen molar-refractivity contribution in [1.82, 2.24) is 19.7 Å². The van der Waals surface area contributed by atoms with Gasteiger partial charge < -0.3 is 4.90 Å². The molecular formula is C21H20F2N4O. The van der Waals surface area contributed by atoms with E-state index in [0.29, 0.717) is 25.9 Å². The summed E-state index contributed by atoms with van der Waals surface area (Å²) in [4.78, 5) is 18.4. The number of hydrogen-bond donors (Lipinski definition) is 0. The van der Waals surface area contributed by atoms with Gasteiger partial charge in [-0.25, -0.2) is 18.4 Å². The third-order valence-electron chi connectivity index (χ3n) is 5.15. The van der Waals surface area contributed by atoms with Gasteiger partial charge in [0, 0.05) is 18.7 Å². The zero-order chi connectivity index (χ0) is 19.5. The molecule has 1 aromatic heterocycles. The molecule has 1 saturated heterocycles. The van der Waals surface area contributed by atoms with Gasteiger partial charge >= 0.3 is 0 Å². The summed E-state index contributed by atoms with van der Waals surface area (Å²) in [5.74, 6) is -0.984. The van der Waals surface area contributed by atoms with Gasteiger partial charge in [0.05, 0.1) is 5.69 Å². The fourth-order valence-electron chi connectivity index (χ4n) is 3.56. The van der Waals surface area contributed by atoms with Crippen LogP contribution in [-0.4, -0.2) is 38.7 Å². The van der Waals surface area contributed by atoms with Crippen LogP contribution in [0.3, 0.4) is 0 Å². The zero-order valence-corrected chi connectivity index (χ0v) is 15.2. The molecule has 1 atom stereocenters. The number of para-hydroxylation sites is 1. The highest BCUT2D eigenvalue weighted by molar-refractivity contribution is 5.90. The molecule has 0 N–H and O–H groups in total. The maximum Gasteiger partial charge on any atom is 0.293 e. The third kappa shape index (κ3) is 3.65. The highest BCUT2D eigenvalue weighted by Gasteiger charge is 2.32. The second kappa shape index (κ2) is 7.88. The standard InChI is InChI=1S/C21H20F2N4O/c22-18-9-5-4-8-17(18)19(23)15-10-12-26(13-11-15)21(28)20-24-14-27(25-20)16-6-2-1-3-7-16/h1-9,14-15,19H,10-13H2. The Morgan fingerprint density at radius 3 is 2.43 bits per heavy atom. The molecule has 0 saturated carbocycles. The van der Waals surface area contributed by atoms with E-state index in [1.54, 1.807) is 21.7 Å².